The van der Waals surface area contributed by atoms with Gasteiger partial charge in [0.15, 0.2) is 5.16 Å². The Hall–Kier alpha value is -2.11. The second-order valence-electron chi connectivity index (χ2n) is 6.10. The molecule has 0 atom stereocenters. The lowest BCUT2D eigenvalue weighted by Crippen LogP contribution is -2.12. The monoisotopic (exact) mass is 387 g/mol. The third kappa shape index (κ3) is 4.00. The van der Waals surface area contributed by atoms with E-state index in [9.17, 15) is 10.1 Å². The van der Waals surface area contributed by atoms with Crippen LogP contribution in [0.3, 0.4) is 0 Å². The van der Waals surface area contributed by atoms with Crippen molar-refractivity contribution < 1.29 is 4.79 Å². The maximum Gasteiger partial charge on any atom is 0.225 e. The molecule has 1 aliphatic rings. The molecular formula is C18H21N5OS2. The Morgan fingerprint density at radius 2 is 2.27 bits per heavy atom. The van der Waals surface area contributed by atoms with Crippen LogP contribution in [0.15, 0.2) is 17.8 Å². The van der Waals surface area contributed by atoms with E-state index < -0.39 is 0 Å². The molecule has 0 saturated carbocycles. The first-order chi connectivity index (χ1) is 12.6. The molecule has 1 amide bonds. The highest BCUT2D eigenvalue weighted by Crippen LogP contribution is 2.37. The molecule has 2 aromatic rings. The van der Waals surface area contributed by atoms with Gasteiger partial charge in [-0.15, -0.1) is 28.1 Å². The van der Waals surface area contributed by atoms with Crippen molar-refractivity contribution in [1.29, 1.82) is 5.26 Å². The lowest BCUT2D eigenvalue weighted by atomic mass is 9.96. The van der Waals surface area contributed by atoms with Crippen molar-refractivity contribution in [3.05, 3.63) is 34.5 Å². The van der Waals surface area contributed by atoms with Gasteiger partial charge in [0.1, 0.15) is 16.9 Å². The number of carbonyl (C=O) groups is 1. The number of fused-ring (bicyclic) bond motifs is 1. The Balaban J connectivity index is 1.58. The van der Waals surface area contributed by atoms with Crippen LogP contribution in [-0.2, 0) is 24.2 Å². The number of anilines is 1. The summed E-state index contributed by atoms with van der Waals surface area (Å²) < 4.78 is 1.97. The summed E-state index contributed by atoms with van der Waals surface area (Å²) in [5.74, 6) is 1.37. The summed E-state index contributed by atoms with van der Waals surface area (Å²) >= 11 is 3.06. The lowest BCUT2D eigenvalue weighted by molar-refractivity contribution is -0.115. The van der Waals surface area contributed by atoms with Crippen LogP contribution in [0.4, 0.5) is 5.00 Å². The fraction of sp³-hybridized carbons (Fsp3) is 0.444. The molecule has 1 N–H and O–H groups in total. The number of hydrogen-bond donors (Lipinski definition) is 1. The van der Waals surface area contributed by atoms with Crippen molar-refractivity contribution in [2.75, 3.05) is 11.1 Å². The molecule has 0 unspecified atom stereocenters. The highest BCUT2D eigenvalue weighted by atomic mass is 32.2. The zero-order chi connectivity index (χ0) is 18.5. The highest BCUT2D eigenvalue weighted by Gasteiger charge is 2.21. The molecule has 136 valence electrons. The summed E-state index contributed by atoms with van der Waals surface area (Å²) in [5.41, 5.74) is 1.80. The molecule has 26 heavy (non-hydrogen) atoms. The number of hydrogen-bond acceptors (Lipinski definition) is 6. The van der Waals surface area contributed by atoms with Gasteiger partial charge < -0.3 is 9.88 Å². The standard InChI is InChI=1S/C18H21N5OS2/c1-3-9-23-12(2)21-22-18(23)25-10-8-16(24)20-17-14(11-19)13-6-4-5-7-15(13)26-17/h3H,1,4-10H2,2H3,(H,20,24). The van der Waals surface area contributed by atoms with Crippen molar-refractivity contribution in [2.24, 2.45) is 0 Å². The summed E-state index contributed by atoms with van der Waals surface area (Å²) in [5, 5.41) is 22.1. The number of allylic oxidation sites excluding steroid dienone is 1. The third-order valence-electron chi connectivity index (χ3n) is 4.31. The van der Waals surface area contributed by atoms with Crippen molar-refractivity contribution in [3.8, 4) is 6.07 Å². The number of amides is 1. The molecule has 1 aliphatic carbocycles. The van der Waals surface area contributed by atoms with Crippen molar-refractivity contribution >= 4 is 34.0 Å². The molecule has 8 heteroatoms. The Morgan fingerprint density at radius 3 is 3.04 bits per heavy atom. The van der Waals surface area contributed by atoms with Gasteiger partial charge in [-0.1, -0.05) is 17.8 Å². The number of aromatic nitrogens is 3. The number of aryl methyl sites for hydroxylation is 2. The Kier molecular flexibility index (Phi) is 6.12. The Bertz CT molecular complexity index is 862. The molecule has 2 heterocycles. The summed E-state index contributed by atoms with van der Waals surface area (Å²) in [6.45, 7) is 6.29. The number of nitrogens with one attached hydrogen (secondary N) is 1. The first-order valence-corrected chi connectivity index (χ1v) is 10.4. The van der Waals surface area contributed by atoms with Gasteiger partial charge in [0.2, 0.25) is 5.91 Å². The molecule has 0 radical (unpaired) electrons. The fourth-order valence-electron chi connectivity index (χ4n) is 3.00. The molecule has 0 bridgehead atoms. The molecule has 0 saturated heterocycles. The second kappa shape index (κ2) is 8.52. The van der Waals surface area contributed by atoms with Gasteiger partial charge in [-0.25, -0.2) is 0 Å². The van der Waals surface area contributed by atoms with E-state index in [4.69, 9.17) is 0 Å². The predicted octanol–water partition coefficient (Wildman–Crippen LogP) is 3.71. The van der Waals surface area contributed by atoms with E-state index in [1.165, 1.54) is 16.6 Å². The maximum absolute atomic E-state index is 12.3. The molecule has 6 nitrogen and oxygen atoms in total. The minimum absolute atomic E-state index is 0.0703. The molecule has 0 aliphatic heterocycles. The fourth-order valence-corrected chi connectivity index (χ4v) is 5.19. The zero-order valence-corrected chi connectivity index (χ0v) is 16.4. The van der Waals surface area contributed by atoms with Gasteiger partial charge in [0.25, 0.3) is 0 Å². The normalized spacial score (nSPS) is 13.1. The summed E-state index contributed by atoms with van der Waals surface area (Å²) in [6.07, 6.45) is 6.39. The number of carbonyl (C=O) groups excluding carboxylic acids is 1. The zero-order valence-electron chi connectivity index (χ0n) is 14.7. The van der Waals surface area contributed by atoms with Crippen LogP contribution < -0.4 is 5.32 Å². The molecule has 3 rings (SSSR count). The maximum atomic E-state index is 12.3. The van der Waals surface area contributed by atoms with E-state index in [0.29, 0.717) is 29.3 Å². The van der Waals surface area contributed by atoms with Crippen LogP contribution in [0.25, 0.3) is 0 Å². The molecule has 2 aromatic heterocycles. The first-order valence-electron chi connectivity index (χ1n) is 8.62. The van der Waals surface area contributed by atoms with E-state index in [2.05, 4.69) is 28.2 Å². The van der Waals surface area contributed by atoms with Crippen LogP contribution in [0, 0.1) is 18.3 Å². The van der Waals surface area contributed by atoms with Gasteiger partial charge in [0.05, 0.1) is 5.56 Å². The van der Waals surface area contributed by atoms with E-state index in [1.54, 1.807) is 17.4 Å². The van der Waals surface area contributed by atoms with Crippen molar-refractivity contribution in [1.82, 2.24) is 14.8 Å². The van der Waals surface area contributed by atoms with Gasteiger partial charge >= 0.3 is 0 Å². The van der Waals surface area contributed by atoms with Crippen LogP contribution >= 0.6 is 23.1 Å². The van der Waals surface area contributed by atoms with E-state index in [-0.39, 0.29) is 5.91 Å². The largest absolute Gasteiger partial charge is 0.317 e. The number of rotatable bonds is 7. The summed E-state index contributed by atoms with van der Waals surface area (Å²) in [7, 11) is 0. The van der Waals surface area contributed by atoms with Crippen LogP contribution in [0.1, 0.15) is 41.1 Å². The van der Waals surface area contributed by atoms with Crippen molar-refractivity contribution in [2.45, 2.75) is 50.7 Å². The average molecular weight is 388 g/mol. The number of thiophene rings is 1. The quantitative estimate of drug-likeness (QED) is 0.578. The van der Waals surface area contributed by atoms with E-state index in [0.717, 1.165) is 42.2 Å². The summed E-state index contributed by atoms with van der Waals surface area (Å²) in [4.78, 5) is 13.6. The van der Waals surface area contributed by atoms with E-state index >= 15 is 0 Å². The van der Waals surface area contributed by atoms with E-state index in [1.807, 2.05) is 11.5 Å². The highest BCUT2D eigenvalue weighted by molar-refractivity contribution is 7.99. The van der Waals surface area contributed by atoms with Gasteiger partial charge in [-0.2, -0.15) is 5.26 Å². The predicted molar refractivity (Wildman–Crippen MR) is 105 cm³/mol. The minimum atomic E-state index is -0.0703. The topological polar surface area (TPSA) is 83.6 Å². The minimum Gasteiger partial charge on any atom is -0.317 e. The SMILES string of the molecule is C=CCn1c(C)nnc1SCCC(=O)Nc1sc2c(c1C#N)CCCC2. The lowest BCUT2D eigenvalue weighted by Gasteiger charge is -2.09. The Morgan fingerprint density at radius 1 is 1.46 bits per heavy atom. The first kappa shape index (κ1) is 18.7. The summed E-state index contributed by atoms with van der Waals surface area (Å²) in [6, 6.07) is 2.27. The molecule has 0 fully saturated rings. The van der Waals surface area contributed by atoms with Gasteiger partial charge in [-0.05, 0) is 38.2 Å². The number of thioether (sulfide) groups is 1. The molecule has 0 spiro atoms. The number of nitrogens with zero attached hydrogens (tertiary/aromatic N) is 4. The van der Waals surface area contributed by atoms with Crippen molar-refractivity contribution in [3.63, 3.8) is 0 Å². The van der Waals surface area contributed by atoms with Gasteiger partial charge in [0, 0.05) is 23.6 Å². The molecule has 0 aromatic carbocycles. The molecular weight excluding hydrogens is 366 g/mol. The number of nitriles is 1. The van der Waals surface area contributed by atoms with Crippen LogP contribution in [0.5, 0.6) is 0 Å². The Labute approximate surface area is 161 Å². The second-order valence-corrected chi connectivity index (χ2v) is 8.27. The van der Waals surface area contributed by atoms with Crippen LogP contribution in [-0.4, -0.2) is 26.4 Å². The third-order valence-corrected chi connectivity index (χ3v) is 6.49. The average Bonchev–Trinajstić information content (AvgIpc) is 3.16. The van der Waals surface area contributed by atoms with Gasteiger partial charge in [-0.3, -0.25) is 4.79 Å². The van der Waals surface area contributed by atoms with Crippen LogP contribution in [0.2, 0.25) is 0 Å². The smallest absolute Gasteiger partial charge is 0.225 e.